The van der Waals surface area contributed by atoms with Gasteiger partial charge in [0.15, 0.2) is 0 Å². The fraction of sp³-hybridized carbons (Fsp3) is 0.312. The van der Waals surface area contributed by atoms with Crippen LogP contribution in [-0.4, -0.2) is 29.3 Å². The van der Waals surface area contributed by atoms with Gasteiger partial charge in [0.25, 0.3) is 0 Å². The lowest BCUT2D eigenvalue weighted by Gasteiger charge is -2.27. The Hall–Kier alpha value is -3.55. The van der Waals surface area contributed by atoms with Crippen LogP contribution < -0.4 is 9.64 Å². The molecule has 3 aliphatic rings. The number of carbonyl (C=O) groups is 1. The highest BCUT2D eigenvalue weighted by Crippen LogP contribution is 2.49. The second-order valence-electron chi connectivity index (χ2n) is 11.3. The first-order valence-corrected chi connectivity index (χ1v) is 14.5. The fourth-order valence-corrected chi connectivity index (χ4v) is 7.04. The van der Waals surface area contributed by atoms with Gasteiger partial charge in [0.1, 0.15) is 29.6 Å². The van der Waals surface area contributed by atoms with E-state index in [4.69, 9.17) is 32.5 Å². The summed E-state index contributed by atoms with van der Waals surface area (Å²) in [6, 6.07) is 15.7. The molecule has 4 aromatic rings. The quantitative estimate of drug-likeness (QED) is 0.234. The van der Waals surface area contributed by atoms with Gasteiger partial charge in [-0.1, -0.05) is 40.5 Å². The Bertz CT molecular complexity index is 1660. The number of aromatic nitrogens is 1. The molecule has 7 rings (SSSR count). The Morgan fingerprint density at radius 3 is 2.68 bits per heavy atom. The number of halogens is 3. The van der Waals surface area contributed by atoms with Crippen molar-refractivity contribution < 1.29 is 23.6 Å². The average Bonchev–Trinajstić information content (AvgIpc) is 3.42. The van der Waals surface area contributed by atoms with Crippen LogP contribution in [-0.2, 0) is 18.4 Å². The molecule has 9 heteroatoms. The summed E-state index contributed by atoms with van der Waals surface area (Å²) in [6.07, 6.45) is 4.94. The molecule has 0 amide bonds. The Morgan fingerprint density at radius 1 is 1.12 bits per heavy atom. The van der Waals surface area contributed by atoms with E-state index in [9.17, 15) is 14.3 Å². The highest BCUT2D eigenvalue weighted by molar-refractivity contribution is 6.39. The number of rotatable bonds is 7. The zero-order valence-electron chi connectivity index (χ0n) is 22.1. The first kappa shape index (κ1) is 26.4. The van der Waals surface area contributed by atoms with E-state index in [1.54, 1.807) is 24.3 Å². The maximum atomic E-state index is 14.2. The van der Waals surface area contributed by atoms with Crippen molar-refractivity contribution in [3.8, 4) is 17.0 Å². The van der Waals surface area contributed by atoms with Gasteiger partial charge in [-0.2, -0.15) is 0 Å². The Kier molecular flexibility index (Phi) is 6.47. The molecule has 1 atom stereocenters. The number of fused-ring (bicyclic) bond motifs is 2. The van der Waals surface area contributed by atoms with Crippen LogP contribution in [0, 0.1) is 5.82 Å². The molecule has 1 unspecified atom stereocenters. The number of anilines is 1. The van der Waals surface area contributed by atoms with Gasteiger partial charge in [-0.3, -0.25) is 0 Å². The molecule has 1 aliphatic heterocycles. The first-order valence-electron chi connectivity index (χ1n) is 13.8. The number of carboxylic acid groups (broad SMARTS) is 1. The molecule has 6 nitrogen and oxygen atoms in total. The summed E-state index contributed by atoms with van der Waals surface area (Å²) in [6.45, 7) is 1.68. The van der Waals surface area contributed by atoms with E-state index < -0.39 is 11.8 Å². The van der Waals surface area contributed by atoms with E-state index in [0.717, 1.165) is 61.8 Å². The Morgan fingerprint density at radius 2 is 1.93 bits per heavy atom. The third kappa shape index (κ3) is 4.75. The van der Waals surface area contributed by atoms with E-state index >= 15 is 0 Å². The fourth-order valence-electron chi connectivity index (χ4n) is 6.47. The predicted octanol–water partition coefficient (Wildman–Crippen LogP) is 8.04. The third-order valence-electron chi connectivity index (χ3n) is 8.72. The van der Waals surface area contributed by atoms with Crippen LogP contribution in [0.4, 0.5) is 10.1 Å². The smallest absolute Gasteiger partial charge is 0.335 e. The van der Waals surface area contributed by atoms with Crippen LogP contribution in [0.3, 0.4) is 0 Å². The lowest BCUT2D eigenvalue weighted by molar-refractivity contribution is 0.0696. The number of hydrogen-bond acceptors (Lipinski definition) is 5. The molecule has 0 bridgehead atoms. The van der Waals surface area contributed by atoms with Crippen molar-refractivity contribution in [2.24, 2.45) is 0 Å². The van der Waals surface area contributed by atoms with Crippen LogP contribution in [0.15, 0.2) is 59.1 Å². The summed E-state index contributed by atoms with van der Waals surface area (Å²) in [5.74, 6) is 0.233. The van der Waals surface area contributed by atoms with Crippen molar-refractivity contribution in [2.75, 3.05) is 18.0 Å². The van der Waals surface area contributed by atoms with E-state index in [2.05, 4.69) is 22.2 Å². The number of aromatic carboxylic acids is 1. The summed E-state index contributed by atoms with van der Waals surface area (Å²) in [4.78, 5) is 13.6. The summed E-state index contributed by atoms with van der Waals surface area (Å²) in [5.41, 5.74) is 5.12. The molecule has 1 spiro atoms. The molecule has 2 heterocycles. The minimum atomic E-state index is -1.13. The van der Waals surface area contributed by atoms with Crippen molar-refractivity contribution in [3.63, 3.8) is 0 Å². The maximum Gasteiger partial charge on any atom is 0.335 e. The zero-order valence-corrected chi connectivity index (χ0v) is 23.6. The topological polar surface area (TPSA) is 75.8 Å². The van der Waals surface area contributed by atoms with E-state index in [-0.39, 0.29) is 17.6 Å². The molecule has 1 N–H and O–H groups in total. The molecule has 1 aromatic heterocycles. The van der Waals surface area contributed by atoms with Gasteiger partial charge in [0.2, 0.25) is 0 Å². The van der Waals surface area contributed by atoms with Gasteiger partial charge < -0.3 is 19.3 Å². The van der Waals surface area contributed by atoms with Gasteiger partial charge in [-0.15, -0.1) is 0 Å². The highest BCUT2D eigenvalue weighted by Gasteiger charge is 2.44. The van der Waals surface area contributed by atoms with Gasteiger partial charge >= 0.3 is 5.97 Å². The monoisotopic (exact) mass is 592 g/mol. The normalized spacial score (nSPS) is 19.6. The molecule has 210 valence electrons. The maximum absolute atomic E-state index is 14.2. The number of nitrogens with zero attached hydrogens (tertiary/aromatic N) is 2. The SMILES string of the molecule is O=C(O)c1cc(F)cc(N2CCC3(CCc4ccc(OCc5c(-c6c(Cl)cccc6Cl)noc5C5CC5)cc43)C2)c1. The largest absolute Gasteiger partial charge is 0.489 e. The minimum Gasteiger partial charge on any atom is -0.489 e. The molecule has 3 aromatic carbocycles. The number of hydrogen-bond donors (Lipinski definition) is 1. The van der Waals surface area contributed by atoms with E-state index in [1.807, 2.05) is 6.07 Å². The highest BCUT2D eigenvalue weighted by atomic mass is 35.5. The van der Waals surface area contributed by atoms with Gasteiger partial charge in [0.05, 0.1) is 21.2 Å². The van der Waals surface area contributed by atoms with Gasteiger partial charge in [0, 0.05) is 35.7 Å². The molecular weight excluding hydrogens is 566 g/mol. The van der Waals surface area contributed by atoms with Crippen LogP contribution in [0.25, 0.3) is 11.3 Å². The van der Waals surface area contributed by atoms with Gasteiger partial charge in [-0.05, 0) is 85.7 Å². The second kappa shape index (κ2) is 10.1. The Balaban J connectivity index is 1.15. The third-order valence-corrected chi connectivity index (χ3v) is 9.35. The van der Waals surface area contributed by atoms with E-state index in [1.165, 1.54) is 17.2 Å². The van der Waals surface area contributed by atoms with Crippen LogP contribution >= 0.6 is 23.2 Å². The number of carboxylic acids is 1. The second-order valence-corrected chi connectivity index (χ2v) is 12.1. The number of aryl methyl sites for hydroxylation is 1. The Labute approximate surface area is 246 Å². The van der Waals surface area contributed by atoms with Gasteiger partial charge in [-0.25, -0.2) is 9.18 Å². The molecular formula is C32H27Cl2FN2O4. The summed E-state index contributed by atoms with van der Waals surface area (Å²) >= 11 is 13.0. The summed E-state index contributed by atoms with van der Waals surface area (Å²) in [5, 5.41) is 14.8. The van der Waals surface area contributed by atoms with Crippen molar-refractivity contribution >= 4 is 34.9 Å². The number of ether oxygens (including phenoxy) is 1. The molecule has 2 fully saturated rings. The molecule has 2 aliphatic carbocycles. The van der Waals surface area contributed by atoms with Crippen LogP contribution in [0.5, 0.6) is 5.75 Å². The molecule has 1 saturated carbocycles. The lowest BCUT2D eigenvalue weighted by Crippen LogP contribution is -2.29. The zero-order chi connectivity index (χ0) is 28.3. The van der Waals surface area contributed by atoms with Crippen LogP contribution in [0.2, 0.25) is 10.0 Å². The molecule has 1 saturated heterocycles. The average molecular weight is 593 g/mol. The van der Waals surface area contributed by atoms with Crippen LogP contribution in [0.1, 0.15) is 64.4 Å². The summed E-state index contributed by atoms with van der Waals surface area (Å²) in [7, 11) is 0. The van der Waals surface area contributed by atoms with Crippen molar-refractivity contribution in [1.82, 2.24) is 5.16 Å². The minimum absolute atomic E-state index is 0.0415. The first-order chi connectivity index (χ1) is 19.8. The van der Waals surface area contributed by atoms with E-state index in [0.29, 0.717) is 39.5 Å². The van der Waals surface area contributed by atoms with Crippen molar-refractivity contribution in [3.05, 3.63) is 98.5 Å². The predicted molar refractivity (Wildman–Crippen MR) is 155 cm³/mol. The standard InChI is InChI=1S/C32H27Cl2FN2O4/c33-26-2-1-3-27(34)28(26)29-24(30(41-36-29)19-4-5-19)16-40-23-7-6-18-8-9-32(25(18)15-23)10-11-37(17-32)22-13-20(31(38)39)12-21(35)14-22/h1-3,6-7,12-15,19H,4-5,8-11,16-17H2,(H,38,39). The van der Waals surface area contributed by atoms with Crippen molar-refractivity contribution in [1.29, 1.82) is 0 Å². The molecule has 0 radical (unpaired) electrons. The molecule has 41 heavy (non-hydrogen) atoms. The summed E-state index contributed by atoms with van der Waals surface area (Å²) < 4.78 is 26.4. The number of benzene rings is 3. The lowest BCUT2D eigenvalue weighted by atomic mass is 9.81. The van der Waals surface area contributed by atoms with Crippen molar-refractivity contribution in [2.45, 2.75) is 50.0 Å².